The van der Waals surface area contributed by atoms with Gasteiger partial charge in [-0.05, 0) is 38.7 Å². The minimum Gasteiger partial charge on any atom is -0.354 e. The maximum absolute atomic E-state index is 12.9. The van der Waals surface area contributed by atoms with Gasteiger partial charge in [0.2, 0.25) is 5.91 Å². The molecule has 27 heavy (non-hydrogen) atoms. The highest BCUT2D eigenvalue weighted by atomic mass is 16.2. The van der Waals surface area contributed by atoms with Gasteiger partial charge < -0.3 is 14.8 Å². The summed E-state index contributed by atoms with van der Waals surface area (Å²) in [5.74, 6) is 0.838. The Morgan fingerprint density at radius 1 is 1.00 bits per heavy atom. The zero-order valence-electron chi connectivity index (χ0n) is 16.8. The summed E-state index contributed by atoms with van der Waals surface area (Å²) in [6, 6.07) is 0. The van der Waals surface area contributed by atoms with E-state index < -0.39 is 0 Å². The lowest BCUT2D eigenvalue weighted by Gasteiger charge is -2.35. The molecule has 1 N–H and O–H groups in total. The van der Waals surface area contributed by atoms with Crippen molar-refractivity contribution >= 4 is 17.6 Å². The predicted molar refractivity (Wildman–Crippen MR) is 104 cm³/mol. The Bertz CT molecular complexity index is 723. The summed E-state index contributed by atoms with van der Waals surface area (Å²) < 4.78 is 0. The van der Waals surface area contributed by atoms with E-state index >= 15 is 0 Å². The van der Waals surface area contributed by atoms with Gasteiger partial charge in [-0.25, -0.2) is 0 Å². The van der Waals surface area contributed by atoms with E-state index in [1.165, 1.54) is 32.6 Å². The van der Waals surface area contributed by atoms with Gasteiger partial charge >= 0.3 is 0 Å². The first-order valence-electron chi connectivity index (χ1n) is 10.2. The van der Waals surface area contributed by atoms with Gasteiger partial charge in [-0.15, -0.1) is 0 Å². The number of amides is 2. The average molecular weight is 373 g/mol. The molecule has 148 valence electrons. The number of hydrogen-bond acceptors (Lipinski definition) is 3. The number of H-pyrrole nitrogens is 1. The molecule has 2 aliphatic rings. The lowest BCUT2D eigenvalue weighted by atomic mass is 10.0. The van der Waals surface area contributed by atoms with Gasteiger partial charge in [-0.2, -0.15) is 0 Å². The third-order valence-electron chi connectivity index (χ3n) is 6.16. The maximum atomic E-state index is 12.9. The van der Waals surface area contributed by atoms with Crippen LogP contribution in [0.25, 0.3) is 0 Å². The van der Waals surface area contributed by atoms with Crippen molar-refractivity contribution in [2.24, 2.45) is 5.92 Å². The summed E-state index contributed by atoms with van der Waals surface area (Å²) >= 11 is 0. The summed E-state index contributed by atoms with van der Waals surface area (Å²) in [7, 11) is 0. The number of Topliss-reactive ketones (excluding diaryl/α,β-unsaturated/α-hetero) is 1. The number of ketones is 1. The molecular formula is C21H31N3O3. The van der Waals surface area contributed by atoms with E-state index in [0.29, 0.717) is 43.9 Å². The Hall–Kier alpha value is -2.11. The second-order valence-electron chi connectivity index (χ2n) is 8.04. The van der Waals surface area contributed by atoms with Crippen LogP contribution in [0.2, 0.25) is 0 Å². The van der Waals surface area contributed by atoms with Crippen molar-refractivity contribution in [2.45, 2.75) is 59.3 Å². The Morgan fingerprint density at radius 3 is 2.15 bits per heavy atom. The van der Waals surface area contributed by atoms with Crippen LogP contribution < -0.4 is 0 Å². The molecule has 1 aromatic rings. The van der Waals surface area contributed by atoms with Gasteiger partial charge in [0.25, 0.3) is 5.91 Å². The number of hydrogen-bond donors (Lipinski definition) is 1. The molecule has 0 unspecified atom stereocenters. The molecule has 2 heterocycles. The number of rotatable bonds is 5. The smallest absolute Gasteiger partial charge is 0.270 e. The molecule has 2 amide bonds. The first-order valence-corrected chi connectivity index (χ1v) is 10.2. The highest BCUT2D eigenvalue weighted by molar-refractivity contribution is 6.02. The number of piperazine rings is 1. The highest BCUT2D eigenvalue weighted by Crippen LogP contribution is 2.28. The highest BCUT2D eigenvalue weighted by Gasteiger charge is 2.28. The summed E-state index contributed by atoms with van der Waals surface area (Å²) in [4.78, 5) is 43.9. The number of carbonyl (C=O) groups excluding carboxylic acids is 3. The molecule has 1 aromatic heterocycles. The largest absolute Gasteiger partial charge is 0.354 e. The molecule has 0 atom stereocenters. The minimum atomic E-state index is -0.0823. The van der Waals surface area contributed by atoms with Gasteiger partial charge in [0.05, 0.1) is 0 Å². The molecular weight excluding hydrogens is 342 g/mol. The minimum absolute atomic E-state index is 0.0296. The van der Waals surface area contributed by atoms with Crippen LogP contribution in [-0.4, -0.2) is 58.6 Å². The van der Waals surface area contributed by atoms with Crippen LogP contribution in [-0.2, 0) is 4.79 Å². The quantitative estimate of drug-likeness (QED) is 0.806. The molecule has 3 rings (SSSR count). The molecule has 2 fully saturated rings. The number of carbonyl (C=O) groups is 3. The topological polar surface area (TPSA) is 73.5 Å². The molecule has 6 nitrogen and oxygen atoms in total. The lowest BCUT2D eigenvalue weighted by Crippen LogP contribution is -2.50. The Morgan fingerprint density at radius 2 is 1.59 bits per heavy atom. The Balaban J connectivity index is 1.54. The number of aromatic nitrogens is 1. The van der Waals surface area contributed by atoms with Crippen LogP contribution in [0, 0.1) is 19.8 Å². The van der Waals surface area contributed by atoms with Crippen LogP contribution in [0.15, 0.2) is 0 Å². The van der Waals surface area contributed by atoms with Gasteiger partial charge in [0.15, 0.2) is 5.78 Å². The van der Waals surface area contributed by atoms with Crippen LogP contribution in [0.3, 0.4) is 0 Å². The maximum Gasteiger partial charge on any atom is 0.270 e. The lowest BCUT2D eigenvalue weighted by molar-refractivity contribution is -0.133. The van der Waals surface area contributed by atoms with E-state index in [1.54, 1.807) is 4.90 Å². The number of aromatic amines is 1. The van der Waals surface area contributed by atoms with Crippen LogP contribution >= 0.6 is 0 Å². The fraction of sp³-hybridized carbons (Fsp3) is 0.667. The second kappa shape index (κ2) is 8.28. The molecule has 0 bridgehead atoms. The summed E-state index contributed by atoms with van der Waals surface area (Å²) in [6.07, 6.45) is 6.80. The van der Waals surface area contributed by atoms with E-state index in [1.807, 2.05) is 18.7 Å². The van der Waals surface area contributed by atoms with Crippen molar-refractivity contribution in [3.05, 3.63) is 22.5 Å². The van der Waals surface area contributed by atoms with Crippen molar-refractivity contribution < 1.29 is 14.4 Å². The van der Waals surface area contributed by atoms with Gasteiger partial charge in [0, 0.05) is 43.9 Å². The number of aryl methyl sites for hydroxylation is 1. The zero-order chi connectivity index (χ0) is 19.6. The van der Waals surface area contributed by atoms with E-state index in [-0.39, 0.29) is 17.6 Å². The zero-order valence-corrected chi connectivity index (χ0v) is 16.8. The Labute approximate surface area is 161 Å². The van der Waals surface area contributed by atoms with Crippen molar-refractivity contribution in [1.82, 2.24) is 14.8 Å². The second-order valence-corrected chi connectivity index (χ2v) is 8.04. The van der Waals surface area contributed by atoms with Crippen molar-refractivity contribution in [3.63, 3.8) is 0 Å². The van der Waals surface area contributed by atoms with Crippen molar-refractivity contribution in [2.75, 3.05) is 26.2 Å². The fourth-order valence-corrected chi connectivity index (χ4v) is 4.59. The van der Waals surface area contributed by atoms with Crippen molar-refractivity contribution in [3.8, 4) is 0 Å². The summed E-state index contributed by atoms with van der Waals surface area (Å²) in [6.45, 7) is 7.42. The molecule has 1 aliphatic carbocycles. The monoisotopic (exact) mass is 373 g/mol. The first-order chi connectivity index (χ1) is 12.9. The third-order valence-corrected chi connectivity index (χ3v) is 6.16. The normalized spacial score (nSPS) is 18.2. The van der Waals surface area contributed by atoms with E-state index in [0.717, 1.165) is 23.6 Å². The predicted octanol–water partition coefficient (Wildman–Crippen LogP) is 3.09. The molecule has 1 saturated carbocycles. The molecule has 0 radical (unpaired) electrons. The van der Waals surface area contributed by atoms with Gasteiger partial charge in [-0.3, -0.25) is 14.4 Å². The SMILES string of the molecule is CC(=O)c1c(C)[nH]c(C(=O)N2CCN(C(=O)CCC3CCCC3)CC2)c1C. The molecule has 0 aromatic carbocycles. The van der Waals surface area contributed by atoms with E-state index in [4.69, 9.17) is 0 Å². The van der Waals surface area contributed by atoms with E-state index in [9.17, 15) is 14.4 Å². The van der Waals surface area contributed by atoms with Crippen LogP contribution in [0.4, 0.5) is 0 Å². The van der Waals surface area contributed by atoms with Crippen molar-refractivity contribution in [1.29, 1.82) is 0 Å². The standard InChI is InChI=1S/C21H31N3O3/c1-14-19(16(3)25)15(2)22-20(14)21(27)24-12-10-23(11-13-24)18(26)9-8-17-6-4-5-7-17/h17,22H,4-13H2,1-3H3. The fourth-order valence-electron chi connectivity index (χ4n) is 4.59. The van der Waals surface area contributed by atoms with Crippen LogP contribution in [0.5, 0.6) is 0 Å². The molecule has 6 heteroatoms. The number of nitrogens with one attached hydrogen (secondary N) is 1. The van der Waals surface area contributed by atoms with Crippen LogP contribution in [0.1, 0.15) is 77.6 Å². The Kier molecular flexibility index (Phi) is 6.02. The summed E-state index contributed by atoms with van der Waals surface area (Å²) in [5.41, 5.74) is 2.57. The van der Waals surface area contributed by atoms with E-state index in [2.05, 4.69) is 4.98 Å². The van der Waals surface area contributed by atoms with Gasteiger partial charge in [0.1, 0.15) is 5.69 Å². The van der Waals surface area contributed by atoms with Gasteiger partial charge in [-0.1, -0.05) is 25.7 Å². The summed E-state index contributed by atoms with van der Waals surface area (Å²) in [5, 5.41) is 0. The molecule has 0 spiro atoms. The number of nitrogens with zero attached hydrogens (tertiary/aromatic N) is 2. The third kappa shape index (κ3) is 4.25. The molecule has 1 aliphatic heterocycles. The first kappa shape index (κ1) is 19.6. The molecule has 1 saturated heterocycles. The average Bonchev–Trinajstić information content (AvgIpc) is 3.26.